The second-order valence-corrected chi connectivity index (χ2v) is 7.81. The minimum Gasteiger partial charge on any atom is -0.475 e. The van der Waals surface area contributed by atoms with E-state index in [1.54, 1.807) is 6.20 Å². The van der Waals surface area contributed by atoms with Crippen molar-refractivity contribution in [2.75, 3.05) is 30.4 Å². The van der Waals surface area contributed by atoms with Crippen LogP contribution in [-0.4, -0.2) is 56.7 Å². The van der Waals surface area contributed by atoms with Crippen LogP contribution >= 0.6 is 11.6 Å². The van der Waals surface area contributed by atoms with Gasteiger partial charge in [0.2, 0.25) is 5.95 Å². The molecule has 0 spiro atoms. The smallest absolute Gasteiger partial charge is 0.257 e. The van der Waals surface area contributed by atoms with Gasteiger partial charge in [0.25, 0.3) is 5.88 Å². The molecule has 2 aromatic rings. The van der Waals surface area contributed by atoms with Gasteiger partial charge in [-0.05, 0) is 26.7 Å². The second-order valence-electron chi connectivity index (χ2n) is 7.41. The number of aliphatic hydroxyl groups is 1. The predicted molar refractivity (Wildman–Crippen MR) is 108 cm³/mol. The van der Waals surface area contributed by atoms with E-state index in [1.807, 2.05) is 11.6 Å². The van der Waals surface area contributed by atoms with Crippen molar-refractivity contribution in [3.05, 3.63) is 16.9 Å². The van der Waals surface area contributed by atoms with Gasteiger partial charge < -0.3 is 25.8 Å². The average molecular weight is 408 g/mol. The van der Waals surface area contributed by atoms with Gasteiger partial charge in [0.05, 0.1) is 31.1 Å². The molecule has 0 amide bonds. The van der Waals surface area contributed by atoms with Gasteiger partial charge in [-0.15, -0.1) is 5.10 Å². The van der Waals surface area contributed by atoms with Crippen molar-refractivity contribution in [1.82, 2.24) is 25.1 Å². The Bertz CT molecular complexity index is 838. The summed E-state index contributed by atoms with van der Waals surface area (Å²) in [6.07, 6.45) is 4.33. The van der Waals surface area contributed by atoms with Gasteiger partial charge in [-0.2, -0.15) is 4.98 Å². The van der Waals surface area contributed by atoms with Crippen molar-refractivity contribution in [1.29, 1.82) is 0 Å². The van der Waals surface area contributed by atoms with Gasteiger partial charge in [-0.25, -0.2) is 4.98 Å². The number of aromatic nitrogens is 4. The minimum absolute atomic E-state index is 0.148. The summed E-state index contributed by atoms with van der Waals surface area (Å²) in [6, 6.07) is 0.875. The molecule has 2 aromatic heterocycles. The van der Waals surface area contributed by atoms with Crippen molar-refractivity contribution in [3.63, 3.8) is 0 Å². The fraction of sp³-hybridized carbons (Fsp3) is 0.611. The number of nitrogens with zero attached hydrogens (tertiary/aromatic N) is 4. The number of hydrogen-bond acceptors (Lipinski definition) is 8. The predicted octanol–water partition coefficient (Wildman–Crippen LogP) is 2.25. The second kappa shape index (κ2) is 8.10. The molecule has 1 fully saturated rings. The fourth-order valence-electron chi connectivity index (χ4n) is 3.59. The first-order chi connectivity index (χ1) is 13.5. The van der Waals surface area contributed by atoms with Gasteiger partial charge >= 0.3 is 0 Å². The van der Waals surface area contributed by atoms with Gasteiger partial charge in [0.15, 0.2) is 5.82 Å². The molecule has 0 radical (unpaired) electrons. The number of anilines is 3. The summed E-state index contributed by atoms with van der Waals surface area (Å²) in [5, 5.41) is 24.1. The third-order valence-corrected chi connectivity index (χ3v) is 5.55. The summed E-state index contributed by atoms with van der Waals surface area (Å²) < 4.78 is 8.03. The number of aliphatic hydroxyl groups excluding tert-OH is 1. The van der Waals surface area contributed by atoms with Crippen LogP contribution in [0.5, 0.6) is 5.88 Å². The van der Waals surface area contributed by atoms with E-state index in [0.29, 0.717) is 47.9 Å². The lowest BCUT2D eigenvalue weighted by Gasteiger charge is -2.36. The van der Waals surface area contributed by atoms with E-state index in [0.717, 1.165) is 30.6 Å². The summed E-state index contributed by atoms with van der Waals surface area (Å²) in [4.78, 5) is 8.80. The lowest BCUT2D eigenvalue weighted by atomic mass is 9.86. The van der Waals surface area contributed by atoms with Crippen LogP contribution in [0.15, 0.2) is 6.20 Å². The molecule has 2 bridgehead atoms. The average Bonchev–Trinajstić information content (AvgIpc) is 2.91. The van der Waals surface area contributed by atoms with E-state index < -0.39 is 0 Å². The number of ether oxygens (including phenoxy) is 1. The van der Waals surface area contributed by atoms with E-state index in [1.165, 1.54) is 0 Å². The van der Waals surface area contributed by atoms with E-state index in [4.69, 9.17) is 26.5 Å². The van der Waals surface area contributed by atoms with E-state index in [9.17, 15) is 0 Å². The molecule has 1 atom stereocenters. The van der Waals surface area contributed by atoms with E-state index in [2.05, 4.69) is 32.8 Å². The lowest BCUT2D eigenvalue weighted by molar-refractivity contribution is 0.189. The fourth-order valence-corrected chi connectivity index (χ4v) is 3.74. The molecular weight excluding hydrogens is 382 g/mol. The van der Waals surface area contributed by atoms with Crippen molar-refractivity contribution in [2.45, 2.75) is 51.2 Å². The first kappa shape index (κ1) is 19.2. The van der Waals surface area contributed by atoms with E-state index >= 15 is 0 Å². The van der Waals surface area contributed by atoms with Crippen LogP contribution in [0.2, 0.25) is 5.02 Å². The minimum atomic E-state index is 0.148. The quantitative estimate of drug-likeness (QED) is 0.611. The Morgan fingerprint density at radius 3 is 3.04 bits per heavy atom. The van der Waals surface area contributed by atoms with Gasteiger partial charge in [-0.3, -0.25) is 4.68 Å². The standard InChI is InChI=1S/C18H26ClN7O2/c1-10-3-6-28-17-15(23-18-21-9-14(19)16(22-10)24-18)11(2)26(25-17)13-7-12(8-13)20-4-5-27/h9-10,12-13,20,27H,3-8H2,1-2H3,(H2,21,22,23,24). The van der Waals surface area contributed by atoms with Crippen LogP contribution in [0.1, 0.15) is 37.9 Å². The summed E-state index contributed by atoms with van der Waals surface area (Å²) >= 11 is 6.23. The SMILES string of the molecule is Cc1c2c(nn1C1CC(NCCO)C1)OCCC(C)Nc1nc(ncc1Cl)N2. The summed E-state index contributed by atoms with van der Waals surface area (Å²) in [6.45, 7) is 5.40. The molecule has 1 saturated carbocycles. The Labute approximate surface area is 168 Å². The number of halogens is 1. The molecule has 4 N–H and O–H groups in total. The van der Waals surface area contributed by atoms with Crippen molar-refractivity contribution >= 4 is 29.1 Å². The zero-order valence-electron chi connectivity index (χ0n) is 16.1. The van der Waals surface area contributed by atoms with Gasteiger partial charge in [0, 0.05) is 25.0 Å². The maximum Gasteiger partial charge on any atom is 0.257 e. The molecule has 2 aliphatic rings. The molecule has 1 aliphatic carbocycles. The molecule has 1 unspecified atom stereocenters. The molecule has 4 rings (SSSR count). The first-order valence-electron chi connectivity index (χ1n) is 9.67. The van der Waals surface area contributed by atoms with Crippen LogP contribution in [0.4, 0.5) is 17.5 Å². The number of rotatable bonds is 4. The summed E-state index contributed by atoms with van der Waals surface area (Å²) in [5.41, 5.74) is 1.77. The molecule has 152 valence electrons. The number of fused-ring (bicyclic) bond motifs is 3. The molecule has 9 nitrogen and oxygen atoms in total. The Kier molecular flexibility index (Phi) is 5.56. The molecule has 0 aromatic carbocycles. The van der Waals surface area contributed by atoms with Crippen LogP contribution in [0.3, 0.4) is 0 Å². The third kappa shape index (κ3) is 3.87. The Hall–Kier alpha value is -2.10. The molecule has 10 heteroatoms. The van der Waals surface area contributed by atoms with Crippen LogP contribution in [-0.2, 0) is 0 Å². The highest BCUT2D eigenvalue weighted by molar-refractivity contribution is 6.32. The Balaban J connectivity index is 1.59. The normalized spacial score (nSPS) is 24.1. The highest BCUT2D eigenvalue weighted by atomic mass is 35.5. The van der Waals surface area contributed by atoms with Gasteiger partial charge in [-0.1, -0.05) is 11.6 Å². The highest BCUT2D eigenvalue weighted by Gasteiger charge is 2.33. The zero-order chi connectivity index (χ0) is 19.7. The number of nitrogens with one attached hydrogen (secondary N) is 3. The summed E-state index contributed by atoms with van der Waals surface area (Å²) in [5.74, 6) is 1.63. The molecule has 3 heterocycles. The van der Waals surface area contributed by atoms with Crippen LogP contribution < -0.4 is 20.7 Å². The molecule has 0 saturated heterocycles. The van der Waals surface area contributed by atoms with Crippen molar-refractivity contribution in [2.24, 2.45) is 0 Å². The monoisotopic (exact) mass is 407 g/mol. The highest BCUT2D eigenvalue weighted by Crippen LogP contribution is 2.38. The Morgan fingerprint density at radius 1 is 1.43 bits per heavy atom. The van der Waals surface area contributed by atoms with Gasteiger partial charge in [0.1, 0.15) is 10.7 Å². The lowest BCUT2D eigenvalue weighted by Crippen LogP contribution is -2.43. The maximum absolute atomic E-state index is 8.95. The first-order valence-corrected chi connectivity index (χ1v) is 10.0. The zero-order valence-corrected chi connectivity index (χ0v) is 16.8. The van der Waals surface area contributed by atoms with Crippen LogP contribution in [0, 0.1) is 6.92 Å². The maximum atomic E-state index is 8.95. The third-order valence-electron chi connectivity index (χ3n) is 5.28. The molecular formula is C18H26ClN7O2. The van der Waals surface area contributed by atoms with Crippen LogP contribution in [0.25, 0.3) is 0 Å². The molecule has 28 heavy (non-hydrogen) atoms. The topological polar surface area (TPSA) is 109 Å². The van der Waals surface area contributed by atoms with Crippen molar-refractivity contribution < 1.29 is 9.84 Å². The molecule has 1 aliphatic heterocycles. The number of hydrogen-bond donors (Lipinski definition) is 4. The Morgan fingerprint density at radius 2 is 2.25 bits per heavy atom. The van der Waals surface area contributed by atoms with E-state index in [-0.39, 0.29) is 12.6 Å². The summed E-state index contributed by atoms with van der Waals surface area (Å²) in [7, 11) is 0. The van der Waals surface area contributed by atoms with Crippen molar-refractivity contribution in [3.8, 4) is 5.88 Å². The largest absolute Gasteiger partial charge is 0.475 e.